The SMILES string of the molecule is Cc1cc(C)c2nc(N(CCN(C)C)C(=O)c3c(-c4ccccc4Cl)noc3C)sc2c1. The van der Waals surface area contributed by atoms with Crippen molar-refractivity contribution in [2.75, 3.05) is 32.1 Å². The minimum Gasteiger partial charge on any atom is -0.360 e. The molecule has 6 nitrogen and oxygen atoms in total. The van der Waals surface area contributed by atoms with Gasteiger partial charge in [-0.25, -0.2) is 4.98 Å². The number of carbonyl (C=O) groups excluding carboxylic acids is 1. The van der Waals surface area contributed by atoms with E-state index in [1.54, 1.807) is 17.9 Å². The van der Waals surface area contributed by atoms with Gasteiger partial charge in [-0.1, -0.05) is 52.4 Å². The Morgan fingerprint density at radius 3 is 2.59 bits per heavy atom. The number of benzene rings is 2. The normalized spacial score (nSPS) is 11.5. The highest BCUT2D eigenvalue weighted by Crippen LogP contribution is 2.35. The Morgan fingerprint density at radius 1 is 1.12 bits per heavy atom. The van der Waals surface area contributed by atoms with Gasteiger partial charge in [-0.05, 0) is 58.1 Å². The standard InChI is InChI=1S/C24H25ClN4O2S/c1-14-12-15(2)21-19(13-14)32-24(26-21)29(11-10-28(4)5)23(30)20-16(3)31-27-22(20)17-8-6-7-9-18(17)25/h6-9,12-13H,10-11H2,1-5H3. The quantitative estimate of drug-likeness (QED) is 0.361. The van der Waals surface area contributed by atoms with Gasteiger partial charge in [0.2, 0.25) is 0 Å². The molecule has 32 heavy (non-hydrogen) atoms. The van der Waals surface area contributed by atoms with Crippen molar-refractivity contribution in [2.24, 2.45) is 0 Å². The number of aromatic nitrogens is 2. The molecule has 0 atom stereocenters. The molecule has 166 valence electrons. The number of amides is 1. The number of likely N-dealkylation sites (N-methyl/N-ethyl adjacent to an activating group) is 1. The van der Waals surface area contributed by atoms with Gasteiger partial charge in [0.15, 0.2) is 5.13 Å². The molecule has 0 saturated carbocycles. The van der Waals surface area contributed by atoms with Crippen LogP contribution in [-0.2, 0) is 0 Å². The molecule has 0 unspecified atom stereocenters. The molecular weight excluding hydrogens is 444 g/mol. The summed E-state index contributed by atoms with van der Waals surface area (Å²) < 4.78 is 6.51. The molecule has 0 fully saturated rings. The summed E-state index contributed by atoms with van der Waals surface area (Å²) >= 11 is 7.93. The lowest BCUT2D eigenvalue weighted by Crippen LogP contribution is -2.37. The van der Waals surface area contributed by atoms with Crippen LogP contribution in [0.25, 0.3) is 21.5 Å². The van der Waals surface area contributed by atoms with Gasteiger partial charge in [-0.2, -0.15) is 0 Å². The predicted molar refractivity (Wildman–Crippen MR) is 131 cm³/mol. The molecule has 0 bridgehead atoms. The maximum Gasteiger partial charge on any atom is 0.266 e. The number of hydrogen-bond acceptors (Lipinski definition) is 6. The van der Waals surface area contributed by atoms with Crippen LogP contribution in [0, 0.1) is 20.8 Å². The second-order valence-corrected chi connectivity index (χ2v) is 9.54. The van der Waals surface area contributed by atoms with Crippen LogP contribution >= 0.6 is 22.9 Å². The second kappa shape index (κ2) is 9.02. The lowest BCUT2D eigenvalue weighted by atomic mass is 10.1. The van der Waals surface area contributed by atoms with Gasteiger partial charge >= 0.3 is 0 Å². The van der Waals surface area contributed by atoms with Gasteiger partial charge in [0.1, 0.15) is 17.0 Å². The fourth-order valence-electron chi connectivity index (χ4n) is 3.65. The molecule has 0 aliphatic heterocycles. The number of thiazole rings is 1. The van der Waals surface area contributed by atoms with E-state index in [4.69, 9.17) is 21.1 Å². The number of nitrogens with zero attached hydrogens (tertiary/aromatic N) is 4. The summed E-state index contributed by atoms with van der Waals surface area (Å²) in [5.41, 5.74) is 4.71. The average molecular weight is 469 g/mol. The smallest absolute Gasteiger partial charge is 0.266 e. The van der Waals surface area contributed by atoms with Gasteiger partial charge in [0.25, 0.3) is 5.91 Å². The summed E-state index contributed by atoms with van der Waals surface area (Å²) in [6.45, 7) is 7.03. The first kappa shape index (κ1) is 22.5. The van der Waals surface area contributed by atoms with Crippen LogP contribution in [0.2, 0.25) is 5.02 Å². The van der Waals surface area contributed by atoms with Gasteiger partial charge < -0.3 is 9.42 Å². The Bertz CT molecular complexity index is 1290. The molecular formula is C24H25ClN4O2S. The number of anilines is 1. The Balaban J connectivity index is 1.82. The third-order valence-corrected chi connectivity index (χ3v) is 6.63. The molecule has 4 aromatic rings. The topological polar surface area (TPSA) is 62.5 Å². The monoisotopic (exact) mass is 468 g/mol. The molecule has 2 heterocycles. The highest BCUT2D eigenvalue weighted by molar-refractivity contribution is 7.22. The zero-order valence-electron chi connectivity index (χ0n) is 18.8. The molecule has 0 spiro atoms. The zero-order valence-corrected chi connectivity index (χ0v) is 20.3. The van der Waals surface area contributed by atoms with Crippen molar-refractivity contribution in [3.63, 3.8) is 0 Å². The van der Waals surface area contributed by atoms with E-state index in [2.05, 4.69) is 24.2 Å². The summed E-state index contributed by atoms with van der Waals surface area (Å²) in [6, 6.07) is 11.5. The third-order valence-electron chi connectivity index (χ3n) is 5.27. The largest absolute Gasteiger partial charge is 0.360 e. The molecule has 2 aromatic heterocycles. The molecule has 2 aromatic carbocycles. The third kappa shape index (κ3) is 4.28. The first-order chi connectivity index (χ1) is 15.3. The van der Waals surface area contributed by atoms with Crippen LogP contribution in [0.15, 0.2) is 40.9 Å². The van der Waals surface area contributed by atoms with Gasteiger partial charge in [-0.15, -0.1) is 0 Å². The molecule has 4 rings (SSSR count). The lowest BCUT2D eigenvalue weighted by Gasteiger charge is -2.22. The lowest BCUT2D eigenvalue weighted by molar-refractivity contribution is 0.0984. The molecule has 0 radical (unpaired) electrons. The van der Waals surface area contributed by atoms with E-state index in [-0.39, 0.29) is 5.91 Å². The average Bonchev–Trinajstić information content (AvgIpc) is 3.32. The molecule has 8 heteroatoms. The molecule has 0 aliphatic carbocycles. The Labute approximate surface area is 196 Å². The number of fused-ring (bicyclic) bond motifs is 1. The predicted octanol–water partition coefficient (Wildman–Crippen LogP) is 5.74. The van der Waals surface area contributed by atoms with E-state index >= 15 is 0 Å². The number of halogens is 1. The van der Waals surface area contributed by atoms with Gasteiger partial charge in [0, 0.05) is 18.7 Å². The van der Waals surface area contributed by atoms with E-state index in [0.29, 0.717) is 45.8 Å². The van der Waals surface area contributed by atoms with Crippen molar-refractivity contribution in [3.05, 3.63) is 63.9 Å². The van der Waals surface area contributed by atoms with Crippen molar-refractivity contribution >= 4 is 44.2 Å². The van der Waals surface area contributed by atoms with E-state index in [1.807, 2.05) is 44.1 Å². The van der Waals surface area contributed by atoms with Crippen molar-refractivity contribution in [1.29, 1.82) is 0 Å². The molecule has 0 saturated heterocycles. The van der Waals surface area contributed by atoms with Crippen molar-refractivity contribution in [3.8, 4) is 11.3 Å². The number of hydrogen-bond donors (Lipinski definition) is 0. The minimum atomic E-state index is -0.200. The Kier molecular flexibility index (Phi) is 6.33. The van der Waals surface area contributed by atoms with Gasteiger partial charge in [-0.3, -0.25) is 9.69 Å². The van der Waals surface area contributed by atoms with E-state index in [0.717, 1.165) is 15.8 Å². The van der Waals surface area contributed by atoms with Crippen molar-refractivity contribution in [1.82, 2.24) is 15.0 Å². The number of aryl methyl sites for hydroxylation is 3. The number of carbonyl (C=O) groups is 1. The summed E-state index contributed by atoms with van der Waals surface area (Å²) in [5, 5.41) is 5.35. The first-order valence-corrected chi connectivity index (χ1v) is 11.5. The Morgan fingerprint density at radius 2 is 1.88 bits per heavy atom. The van der Waals surface area contributed by atoms with Crippen LogP contribution in [-0.4, -0.2) is 48.1 Å². The highest BCUT2D eigenvalue weighted by Gasteiger charge is 2.29. The van der Waals surface area contributed by atoms with E-state index < -0.39 is 0 Å². The first-order valence-electron chi connectivity index (χ1n) is 10.3. The molecule has 1 amide bonds. The summed E-state index contributed by atoms with van der Waals surface area (Å²) in [5.74, 6) is 0.252. The van der Waals surface area contributed by atoms with Crippen LogP contribution in [0.1, 0.15) is 27.2 Å². The summed E-state index contributed by atoms with van der Waals surface area (Å²) in [6.07, 6.45) is 0. The fourth-order valence-corrected chi connectivity index (χ4v) is 5.05. The highest BCUT2D eigenvalue weighted by atomic mass is 35.5. The van der Waals surface area contributed by atoms with Crippen LogP contribution < -0.4 is 4.90 Å². The zero-order chi connectivity index (χ0) is 23.0. The molecule has 0 aliphatic rings. The molecule has 0 N–H and O–H groups in total. The Hall–Kier alpha value is -2.74. The van der Waals surface area contributed by atoms with Crippen molar-refractivity contribution in [2.45, 2.75) is 20.8 Å². The number of rotatable bonds is 6. The van der Waals surface area contributed by atoms with Gasteiger partial charge in [0.05, 0.1) is 15.2 Å². The second-order valence-electron chi connectivity index (χ2n) is 8.13. The summed E-state index contributed by atoms with van der Waals surface area (Å²) in [7, 11) is 3.96. The van der Waals surface area contributed by atoms with Crippen LogP contribution in [0.3, 0.4) is 0 Å². The van der Waals surface area contributed by atoms with Crippen molar-refractivity contribution < 1.29 is 9.32 Å². The minimum absolute atomic E-state index is 0.200. The van der Waals surface area contributed by atoms with E-state index in [1.165, 1.54) is 16.9 Å². The van der Waals surface area contributed by atoms with Crippen LogP contribution in [0.5, 0.6) is 0 Å². The maximum atomic E-state index is 13.9. The van der Waals surface area contributed by atoms with E-state index in [9.17, 15) is 4.79 Å². The summed E-state index contributed by atoms with van der Waals surface area (Å²) in [4.78, 5) is 22.5. The maximum absolute atomic E-state index is 13.9. The van der Waals surface area contributed by atoms with Crippen LogP contribution in [0.4, 0.5) is 5.13 Å². The fraction of sp³-hybridized carbons (Fsp3) is 0.292.